The Hall–Kier alpha value is -0.120. The summed E-state index contributed by atoms with van der Waals surface area (Å²) in [6, 6.07) is 1.67. The van der Waals surface area contributed by atoms with E-state index in [4.69, 9.17) is 0 Å². The van der Waals surface area contributed by atoms with E-state index in [0.717, 1.165) is 18.0 Å². The van der Waals surface area contributed by atoms with Gasteiger partial charge in [0, 0.05) is 25.2 Å². The molecule has 3 rings (SSSR count). The van der Waals surface area contributed by atoms with Crippen molar-refractivity contribution < 1.29 is 0 Å². The Kier molecular flexibility index (Phi) is 3.18. The van der Waals surface area contributed by atoms with Gasteiger partial charge in [0.15, 0.2) is 0 Å². The van der Waals surface area contributed by atoms with E-state index in [9.17, 15) is 0 Å². The molecule has 3 fully saturated rings. The molecule has 1 N–H and O–H groups in total. The predicted octanol–water partition coefficient (Wildman–Crippen LogP) is 0.764. The molecule has 0 aliphatic carbocycles. The number of nitrogens with one attached hydrogen (secondary N) is 1. The zero-order valence-corrected chi connectivity index (χ0v) is 10.5. The van der Waals surface area contributed by atoms with E-state index < -0.39 is 0 Å². The first-order valence-electron chi connectivity index (χ1n) is 6.99. The van der Waals surface area contributed by atoms with Crippen LogP contribution in [0.4, 0.5) is 0 Å². The molecule has 3 saturated heterocycles. The summed E-state index contributed by atoms with van der Waals surface area (Å²) < 4.78 is 0. The van der Waals surface area contributed by atoms with Gasteiger partial charge in [-0.15, -0.1) is 0 Å². The molecule has 0 bridgehead atoms. The van der Waals surface area contributed by atoms with Crippen molar-refractivity contribution in [3.05, 3.63) is 0 Å². The largest absolute Gasteiger partial charge is 0.312 e. The lowest BCUT2D eigenvalue weighted by Gasteiger charge is -2.23. The minimum absolute atomic E-state index is 0.799. The molecule has 16 heavy (non-hydrogen) atoms. The van der Waals surface area contributed by atoms with E-state index in [-0.39, 0.29) is 0 Å². The van der Waals surface area contributed by atoms with Crippen LogP contribution in [0.15, 0.2) is 0 Å². The number of hydrogen-bond acceptors (Lipinski definition) is 3. The molecule has 3 nitrogen and oxygen atoms in total. The Labute approximate surface area is 99.2 Å². The minimum atomic E-state index is 0.799. The zero-order valence-electron chi connectivity index (χ0n) is 10.5. The number of fused-ring (bicyclic) bond motifs is 1. The van der Waals surface area contributed by atoms with Crippen LogP contribution in [0, 0.1) is 5.92 Å². The highest BCUT2D eigenvalue weighted by molar-refractivity contribution is 4.96. The maximum atomic E-state index is 3.85. The molecule has 0 saturated carbocycles. The van der Waals surface area contributed by atoms with Crippen molar-refractivity contribution in [1.82, 2.24) is 15.1 Å². The van der Waals surface area contributed by atoms with Crippen molar-refractivity contribution in [3.8, 4) is 0 Å². The molecule has 0 amide bonds. The second-order valence-corrected chi connectivity index (χ2v) is 5.97. The van der Waals surface area contributed by atoms with Gasteiger partial charge in [-0.2, -0.15) is 0 Å². The molecule has 3 aliphatic heterocycles. The highest BCUT2D eigenvalue weighted by Gasteiger charge is 2.37. The quantitative estimate of drug-likeness (QED) is 0.762. The standard InChI is InChI=1S/C13H25N3/c1-15-7-4-11(10-15)9-14-12-5-8-16-6-2-3-13(12)16/h11-14H,2-10H2,1H3. The van der Waals surface area contributed by atoms with Crippen molar-refractivity contribution in [2.45, 2.75) is 37.8 Å². The molecule has 0 radical (unpaired) electrons. The van der Waals surface area contributed by atoms with Crippen molar-refractivity contribution >= 4 is 0 Å². The average molecular weight is 223 g/mol. The van der Waals surface area contributed by atoms with Crippen LogP contribution in [-0.4, -0.2) is 61.7 Å². The molecular formula is C13H25N3. The Morgan fingerprint density at radius 3 is 2.88 bits per heavy atom. The van der Waals surface area contributed by atoms with Crippen LogP contribution in [0.1, 0.15) is 25.7 Å². The number of nitrogens with zero attached hydrogens (tertiary/aromatic N) is 2. The molecule has 3 heterocycles. The lowest BCUT2D eigenvalue weighted by atomic mass is 10.0. The summed E-state index contributed by atoms with van der Waals surface area (Å²) >= 11 is 0. The van der Waals surface area contributed by atoms with E-state index in [1.54, 1.807) is 0 Å². The van der Waals surface area contributed by atoms with Crippen molar-refractivity contribution in [2.24, 2.45) is 5.92 Å². The molecule has 0 aromatic rings. The Balaban J connectivity index is 1.45. The Morgan fingerprint density at radius 2 is 2.06 bits per heavy atom. The fourth-order valence-corrected chi connectivity index (χ4v) is 3.83. The predicted molar refractivity (Wildman–Crippen MR) is 66.6 cm³/mol. The van der Waals surface area contributed by atoms with Crippen LogP contribution in [0.2, 0.25) is 0 Å². The fraction of sp³-hybridized carbons (Fsp3) is 1.00. The summed E-state index contributed by atoms with van der Waals surface area (Å²) in [7, 11) is 2.24. The number of rotatable bonds is 3. The van der Waals surface area contributed by atoms with Gasteiger partial charge in [0.05, 0.1) is 0 Å². The zero-order chi connectivity index (χ0) is 11.0. The second-order valence-electron chi connectivity index (χ2n) is 5.97. The van der Waals surface area contributed by atoms with Gasteiger partial charge in [0.1, 0.15) is 0 Å². The van der Waals surface area contributed by atoms with Gasteiger partial charge in [0.25, 0.3) is 0 Å². The van der Waals surface area contributed by atoms with Gasteiger partial charge in [-0.05, 0) is 58.3 Å². The maximum Gasteiger partial charge on any atom is 0.0250 e. The highest BCUT2D eigenvalue weighted by atomic mass is 15.2. The van der Waals surface area contributed by atoms with Crippen LogP contribution < -0.4 is 5.32 Å². The van der Waals surface area contributed by atoms with E-state index in [1.165, 1.54) is 58.4 Å². The molecule has 92 valence electrons. The topological polar surface area (TPSA) is 18.5 Å². The first-order chi connectivity index (χ1) is 7.83. The van der Waals surface area contributed by atoms with Gasteiger partial charge in [-0.3, -0.25) is 4.90 Å². The molecule has 0 aromatic heterocycles. The maximum absolute atomic E-state index is 3.85. The second kappa shape index (κ2) is 4.63. The third kappa shape index (κ3) is 2.13. The molecule has 0 aromatic carbocycles. The number of hydrogen-bond donors (Lipinski definition) is 1. The van der Waals surface area contributed by atoms with E-state index in [1.807, 2.05) is 0 Å². The molecule has 3 aliphatic rings. The van der Waals surface area contributed by atoms with Gasteiger partial charge < -0.3 is 10.2 Å². The van der Waals surface area contributed by atoms with Crippen LogP contribution >= 0.6 is 0 Å². The Morgan fingerprint density at radius 1 is 1.12 bits per heavy atom. The molecule has 3 atom stereocenters. The summed E-state index contributed by atoms with van der Waals surface area (Å²) in [5, 5.41) is 3.85. The Bertz CT molecular complexity index is 243. The molecular weight excluding hydrogens is 198 g/mol. The molecule has 3 heteroatoms. The van der Waals surface area contributed by atoms with Gasteiger partial charge in [0.2, 0.25) is 0 Å². The van der Waals surface area contributed by atoms with Gasteiger partial charge in [-0.1, -0.05) is 0 Å². The summed E-state index contributed by atoms with van der Waals surface area (Å²) in [5.41, 5.74) is 0. The normalized spacial score (nSPS) is 40.7. The van der Waals surface area contributed by atoms with Crippen LogP contribution in [-0.2, 0) is 0 Å². The summed E-state index contributed by atoms with van der Waals surface area (Å²) in [6.45, 7) is 6.54. The summed E-state index contributed by atoms with van der Waals surface area (Å²) in [4.78, 5) is 5.15. The van der Waals surface area contributed by atoms with E-state index in [0.29, 0.717) is 0 Å². The van der Waals surface area contributed by atoms with E-state index in [2.05, 4.69) is 22.2 Å². The van der Waals surface area contributed by atoms with Crippen molar-refractivity contribution in [2.75, 3.05) is 39.8 Å². The SMILES string of the molecule is CN1CCC(CNC2CCN3CCCC23)C1. The average Bonchev–Trinajstić information content (AvgIpc) is 2.91. The summed E-state index contributed by atoms with van der Waals surface area (Å²) in [5.74, 6) is 0.903. The minimum Gasteiger partial charge on any atom is -0.312 e. The number of likely N-dealkylation sites (tertiary alicyclic amines) is 1. The lowest BCUT2D eigenvalue weighted by molar-refractivity contribution is 0.292. The van der Waals surface area contributed by atoms with Crippen molar-refractivity contribution in [1.29, 1.82) is 0 Å². The fourth-order valence-electron chi connectivity index (χ4n) is 3.83. The summed E-state index contributed by atoms with van der Waals surface area (Å²) in [6.07, 6.45) is 5.63. The molecule has 3 unspecified atom stereocenters. The van der Waals surface area contributed by atoms with Gasteiger partial charge >= 0.3 is 0 Å². The monoisotopic (exact) mass is 223 g/mol. The smallest absolute Gasteiger partial charge is 0.0250 e. The first kappa shape index (κ1) is 11.0. The van der Waals surface area contributed by atoms with Crippen LogP contribution in [0.5, 0.6) is 0 Å². The third-order valence-corrected chi connectivity index (χ3v) is 4.76. The lowest BCUT2D eigenvalue weighted by Crippen LogP contribution is -2.41. The van der Waals surface area contributed by atoms with Crippen molar-refractivity contribution in [3.63, 3.8) is 0 Å². The van der Waals surface area contributed by atoms with E-state index >= 15 is 0 Å². The van der Waals surface area contributed by atoms with Gasteiger partial charge in [-0.25, -0.2) is 0 Å². The van der Waals surface area contributed by atoms with Crippen LogP contribution in [0.3, 0.4) is 0 Å². The third-order valence-electron chi connectivity index (χ3n) is 4.76. The first-order valence-corrected chi connectivity index (χ1v) is 6.99. The highest BCUT2D eigenvalue weighted by Crippen LogP contribution is 2.28. The van der Waals surface area contributed by atoms with Crippen LogP contribution in [0.25, 0.3) is 0 Å². The molecule has 0 spiro atoms.